The van der Waals surface area contributed by atoms with Gasteiger partial charge in [0.15, 0.2) is 0 Å². The molecule has 1 saturated heterocycles. The summed E-state index contributed by atoms with van der Waals surface area (Å²) in [6.07, 6.45) is -6.56. The Morgan fingerprint density at radius 3 is 2.55 bits per heavy atom. The third-order valence-electron chi connectivity index (χ3n) is 4.99. The summed E-state index contributed by atoms with van der Waals surface area (Å²) >= 11 is 6.27. The van der Waals surface area contributed by atoms with E-state index in [1.807, 2.05) is 0 Å². The second-order valence-corrected chi connectivity index (χ2v) is 7.51. The maximum atomic E-state index is 12.8. The van der Waals surface area contributed by atoms with Gasteiger partial charge in [0, 0.05) is 36.2 Å². The van der Waals surface area contributed by atoms with Gasteiger partial charge in [-0.15, -0.1) is 13.2 Å². The number of para-hydroxylation sites is 1. The van der Waals surface area contributed by atoms with Crippen LogP contribution in [0.5, 0.6) is 5.75 Å². The molecule has 12 heteroatoms. The third kappa shape index (κ3) is 6.07. The molecule has 2 aromatic carbocycles. The molecule has 33 heavy (non-hydrogen) atoms. The van der Waals surface area contributed by atoms with Crippen molar-refractivity contribution in [2.45, 2.75) is 31.3 Å². The van der Waals surface area contributed by atoms with Crippen molar-refractivity contribution in [1.29, 1.82) is 0 Å². The van der Waals surface area contributed by atoms with E-state index in [2.05, 4.69) is 10.1 Å². The maximum absolute atomic E-state index is 12.8. The third-order valence-corrected chi connectivity index (χ3v) is 5.30. The lowest BCUT2D eigenvalue weighted by molar-refractivity contribution is -0.274. The predicted molar refractivity (Wildman–Crippen MR) is 111 cm³/mol. The van der Waals surface area contributed by atoms with Gasteiger partial charge in [-0.05, 0) is 18.2 Å². The smallest absolute Gasteiger partial charge is 0.465 e. The zero-order valence-corrected chi connectivity index (χ0v) is 17.6. The minimum Gasteiger partial charge on any atom is -0.465 e. The zero-order valence-electron chi connectivity index (χ0n) is 16.8. The predicted octanol–water partition coefficient (Wildman–Crippen LogP) is 4.53. The molecule has 0 spiro atoms. The van der Waals surface area contributed by atoms with Crippen molar-refractivity contribution in [2.75, 3.05) is 11.9 Å². The summed E-state index contributed by atoms with van der Waals surface area (Å²) in [5.74, 6) is -1.11. The van der Waals surface area contributed by atoms with Crippen molar-refractivity contribution in [2.24, 2.45) is 0 Å². The van der Waals surface area contributed by atoms with Gasteiger partial charge in [-0.25, -0.2) is 4.79 Å². The van der Waals surface area contributed by atoms with Crippen LogP contribution in [-0.2, 0) is 14.3 Å². The largest absolute Gasteiger partial charge is 0.573 e. The second-order valence-electron chi connectivity index (χ2n) is 7.10. The van der Waals surface area contributed by atoms with Crippen LogP contribution in [0.2, 0.25) is 5.02 Å². The van der Waals surface area contributed by atoms with Crippen LogP contribution in [0, 0.1) is 0 Å². The summed E-state index contributed by atoms with van der Waals surface area (Å²) in [5.41, 5.74) is 0.529. The SMILES string of the molecule is O=CO[C@@H]1CCN(C(=O)O)[C@@H](C(=O)Nc2ccc(-c3ccccc3OC(F)(F)F)c(Cl)c2)C1. The first-order valence-corrected chi connectivity index (χ1v) is 10.0. The number of piperidine rings is 1. The average molecular weight is 487 g/mol. The van der Waals surface area contributed by atoms with Gasteiger partial charge >= 0.3 is 12.5 Å². The first kappa shape index (κ1) is 24.2. The van der Waals surface area contributed by atoms with Crippen molar-refractivity contribution in [3.8, 4) is 16.9 Å². The van der Waals surface area contributed by atoms with Gasteiger partial charge < -0.3 is 19.9 Å². The molecule has 2 N–H and O–H groups in total. The van der Waals surface area contributed by atoms with Crippen LogP contribution < -0.4 is 10.1 Å². The van der Waals surface area contributed by atoms with Crippen LogP contribution in [0.15, 0.2) is 42.5 Å². The number of rotatable bonds is 6. The Kier molecular flexibility index (Phi) is 7.32. The van der Waals surface area contributed by atoms with Crippen molar-refractivity contribution >= 4 is 35.8 Å². The zero-order chi connectivity index (χ0) is 24.2. The molecule has 176 valence electrons. The lowest BCUT2D eigenvalue weighted by Crippen LogP contribution is -2.53. The van der Waals surface area contributed by atoms with Crippen LogP contribution in [0.25, 0.3) is 11.1 Å². The Hall–Kier alpha value is -3.47. The Bertz CT molecular complexity index is 1050. The number of nitrogens with one attached hydrogen (secondary N) is 1. The number of alkyl halides is 3. The molecule has 1 fully saturated rings. The molecule has 2 amide bonds. The first-order valence-electron chi connectivity index (χ1n) is 9.63. The summed E-state index contributed by atoms with van der Waals surface area (Å²) in [6, 6.07) is 8.49. The molecule has 0 aliphatic carbocycles. The number of ether oxygens (including phenoxy) is 2. The number of carbonyl (C=O) groups excluding carboxylic acids is 2. The molecule has 1 aliphatic heterocycles. The average Bonchev–Trinajstić information content (AvgIpc) is 2.73. The molecule has 0 saturated carbocycles. The topological polar surface area (TPSA) is 105 Å². The van der Waals surface area contributed by atoms with Crippen LogP contribution in [-0.4, -0.2) is 53.5 Å². The fraction of sp³-hybridized carbons (Fsp3) is 0.286. The molecule has 0 radical (unpaired) electrons. The highest BCUT2D eigenvalue weighted by Crippen LogP contribution is 2.38. The summed E-state index contributed by atoms with van der Waals surface area (Å²) in [7, 11) is 0. The Labute approximate surface area is 190 Å². The van der Waals surface area contributed by atoms with Crippen LogP contribution in [0.1, 0.15) is 12.8 Å². The number of nitrogens with zero attached hydrogens (tertiary/aromatic N) is 1. The van der Waals surface area contributed by atoms with E-state index in [0.29, 0.717) is 0 Å². The molecule has 2 atom stereocenters. The van der Waals surface area contributed by atoms with Gasteiger partial charge in [0.1, 0.15) is 17.9 Å². The van der Waals surface area contributed by atoms with Crippen LogP contribution in [0.3, 0.4) is 0 Å². The molecule has 0 bridgehead atoms. The van der Waals surface area contributed by atoms with Crippen LogP contribution >= 0.6 is 11.6 Å². The number of halogens is 4. The number of likely N-dealkylation sites (tertiary alicyclic amines) is 1. The summed E-state index contributed by atoms with van der Waals surface area (Å²) < 4.78 is 47.1. The van der Waals surface area contributed by atoms with Gasteiger partial charge in [0.25, 0.3) is 6.47 Å². The van der Waals surface area contributed by atoms with E-state index >= 15 is 0 Å². The standard InChI is InChI=1S/C21H18ClF3N2O6/c22-16-9-12(5-6-14(16)15-3-1-2-4-18(15)33-21(23,24)25)26-19(29)17-10-13(32-11-28)7-8-27(17)20(30)31/h1-6,9,11,13,17H,7-8,10H2,(H,26,29)(H,30,31)/t13-,17-/m1/s1. The highest BCUT2D eigenvalue weighted by atomic mass is 35.5. The van der Waals surface area contributed by atoms with E-state index in [1.165, 1.54) is 36.4 Å². The van der Waals surface area contributed by atoms with E-state index in [0.717, 1.165) is 11.0 Å². The van der Waals surface area contributed by atoms with Gasteiger partial charge in [-0.2, -0.15) is 0 Å². The fourth-order valence-corrected chi connectivity index (χ4v) is 3.83. The van der Waals surface area contributed by atoms with Gasteiger partial charge in [0.05, 0.1) is 5.02 Å². The Morgan fingerprint density at radius 1 is 1.18 bits per heavy atom. The highest BCUT2D eigenvalue weighted by Gasteiger charge is 2.37. The van der Waals surface area contributed by atoms with Crippen molar-refractivity contribution in [3.05, 3.63) is 47.5 Å². The van der Waals surface area contributed by atoms with E-state index in [1.54, 1.807) is 0 Å². The summed E-state index contributed by atoms with van der Waals surface area (Å²) in [4.78, 5) is 35.8. The number of hydrogen-bond donors (Lipinski definition) is 2. The maximum Gasteiger partial charge on any atom is 0.573 e. The fourth-order valence-electron chi connectivity index (χ4n) is 3.55. The number of carbonyl (C=O) groups is 3. The number of hydrogen-bond acceptors (Lipinski definition) is 5. The van der Waals surface area contributed by atoms with Crippen molar-refractivity contribution in [3.63, 3.8) is 0 Å². The molecule has 1 heterocycles. The number of amides is 2. The monoisotopic (exact) mass is 486 g/mol. The van der Waals surface area contributed by atoms with E-state index in [9.17, 15) is 32.7 Å². The molecular weight excluding hydrogens is 469 g/mol. The molecule has 2 aromatic rings. The molecule has 0 aromatic heterocycles. The molecular formula is C21H18ClF3N2O6. The van der Waals surface area contributed by atoms with Crippen molar-refractivity contribution in [1.82, 2.24) is 4.90 Å². The Morgan fingerprint density at radius 2 is 1.91 bits per heavy atom. The minimum absolute atomic E-state index is 0.00160. The van der Waals surface area contributed by atoms with Gasteiger partial charge in [-0.3, -0.25) is 14.5 Å². The van der Waals surface area contributed by atoms with Gasteiger partial charge in [-0.1, -0.05) is 35.9 Å². The molecule has 8 nitrogen and oxygen atoms in total. The van der Waals surface area contributed by atoms with Crippen LogP contribution in [0.4, 0.5) is 23.7 Å². The quantitative estimate of drug-likeness (QED) is 0.581. The first-order chi connectivity index (χ1) is 15.6. The normalized spacial score (nSPS) is 18.4. The molecule has 3 rings (SSSR count). The lowest BCUT2D eigenvalue weighted by Gasteiger charge is -2.35. The summed E-state index contributed by atoms with van der Waals surface area (Å²) in [5, 5.41) is 12.0. The number of anilines is 1. The van der Waals surface area contributed by atoms with E-state index < -0.39 is 36.3 Å². The van der Waals surface area contributed by atoms with E-state index in [4.69, 9.17) is 16.3 Å². The van der Waals surface area contributed by atoms with Crippen molar-refractivity contribution < 1.29 is 42.1 Å². The number of benzene rings is 2. The Balaban J connectivity index is 1.81. The molecule has 0 unspecified atom stereocenters. The minimum atomic E-state index is -4.89. The highest BCUT2D eigenvalue weighted by molar-refractivity contribution is 6.33. The second kappa shape index (κ2) is 9.99. The lowest BCUT2D eigenvalue weighted by atomic mass is 9.98. The summed E-state index contributed by atoms with van der Waals surface area (Å²) in [6.45, 7) is 0.247. The number of carboxylic acid groups (broad SMARTS) is 1. The van der Waals surface area contributed by atoms with E-state index in [-0.39, 0.29) is 47.7 Å². The van der Waals surface area contributed by atoms with Gasteiger partial charge in [0.2, 0.25) is 5.91 Å². The molecule has 1 aliphatic rings.